The molecule has 0 rings (SSSR count). The first-order valence-electron chi connectivity index (χ1n) is 8.55. The quantitative estimate of drug-likeness (QED) is 0.267. The predicted molar refractivity (Wildman–Crippen MR) is 99.1 cm³/mol. The van der Waals surface area contributed by atoms with Crippen LogP contribution in [-0.2, 0) is 0 Å². The molecule has 0 aliphatic carbocycles. The SMILES string of the molecule is CCCCCCCCCCCCCCS.CCCS. The molecule has 0 N–H and O–H groups in total. The van der Waals surface area contributed by atoms with Gasteiger partial charge in [0.15, 0.2) is 0 Å². The molecule has 0 saturated heterocycles. The molecular weight excluding hydrogens is 268 g/mol. The van der Waals surface area contributed by atoms with Gasteiger partial charge in [0.1, 0.15) is 0 Å². The van der Waals surface area contributed by atoms with Gasteiger partial charge < -0.3 is 0 Å². The van der Waals surface area contributed by atoms with Crippen LogP contribution in [0.1, 0.15) is 97.3 Å². The van der Waals surface area contributed by atoms with E-state index in [9.17, 15) is 0 Å². The Balaban J connectivity index is 0. The summed E-state index contributed by atoms with van der Waals surface area (Å²) < 4.78 is 0. The summed E-state index contributed by atoms with van der Waals surface area (Å²) in [7, 11) is 0. The van der Waals surface area contributed by atoms with Crippen molar-refractivity contribution in [2.75, 3.05) is 11.5 Å². The first-order chi connectivity index (χ1) is 9.33. The van der Waals surface area contributed by atoms with Crippen LogP contribution in [0, 0.1) is 0 Å². The molecule has 0 nitrogen and oxygen atoms in total. The smallest absolute Gasteiger partial charge is 0.00979 e. The number of hydrogen-bond donors (Lipinski definition) is 2. The van der Waals surface area contributed by atoms with Crippen LogP contribution in [0.2, 0.25) is 0 Å². The molecule has 0 aromatic rings. The summed E-state index contributed by atoms with van der Waals surface area (Å²) in [6.45, 7) is 4.39. The van der Waals surface area contributed by atoms with Crippen molar-refractivity contribution in [1.29, 1.82) is 0 Å². The van der Waals surface area contributed by atoms with Crippen LogP contribution in [0.25, 0.3) is 0 Å². The lowest BCUT2D eigenvalue weighted by Crippen LogP contribution is -1.82. The lowest BCUT2D eigenvalue weighted by molar-refractivity contribution is 0.548. The average molecular weight is 307 g/mol. The maximum absolute atomic E-state index is 4.22. The molecule has 0 radical (unpaired) electrons. The van der Waals surface area contributed by atoms with E-state index in [4.69, 9.17) is 0 Å². The van der Waals surface area contributed by atoms with Gasteiger partial charge in [-0.15, -0.1) is 0 Å². The molecular formula is C17H38S2. The predicted octanol–water partition coefficient (Wildman–Crippen LogP) is 6.94. The molecule has 2 heteroatoms. The van der Waals surface area contributed by atoms with Crippen LogP contribution in [-0.4, -0.2) is 11.5 Å². The van der Waals surface area contributed by atoms with Crippen LogP contribution < -0.4 is 0 Å². The molecule has 0 fully saturated rings. The Morgan fingerprint density at radius 2 is 0.737 bits per heavy atom. The number of hydrogen-bond acceptors (Lipinski definition) is 2. The van der Waals surface area contributed by atoms with Crippen molar-refractivity contribution in [3.8, 4) is 0 Å². The van der Waals surface area contributed by atoms with Crippen molar-refractivity contribution < 1.29 is 0 Å². The zero-order valence-corrected chi connectivity index (χ0v) is 15.3. The molecule has 0 unspecified atom stereocenters. The van der Waals surface area contributed by atoms with Crippen molar-refractivity contribution in [3.63, 3.8) is 0 Å². The van der Waals surface area contributed by atoms with E-state index in [1.54, 1.807) is 0 Å². The third-order valence-electron chi connectivity index (χ3n) is 3.24. The highest BCUT2D eigenvalue weighted by molar-refractivity contribution is 7.80. The van der Waals surface area contributed by atoms with Gasteiger partial charge in [-0.05, 0) is 24.3 Å². The maximum Gasteiger partial charge on any atom is -0.00979 e. The fraction of sp³-hybridized carbons (Fsp3) is 1.00. The van der Waals surface area contributed by atoms with Gasteiger partial charge in [0.2, 0.25) is 0 Å². The summed E-state index contributed by atoms with van der Waals surface area (Å²) in [5.74, 6) is 2.08. The van der Waals surface area contributed by atoms with Crippen molar-refractivity contribution in [2.24, 2.45) is 0 Å². The zero-order valence-electron chi connectivity index (χ0n) is 13.5. The molecule has 0 aliphatic rings. The van der Waals surface area contributed by atoms with Crippen LogP contribution in [0.4, 0.5) is 0 Å². The highest BCUT2D eigenvalue weighted by atomic mass is 32.1. The van der Waals surface area contributed by atoms with Gasteiger partial charge in [-0.1, -0.05) is 84.5 Å². The second-order valence-electron chi connectivity index (χ2n) is 5.34. The molecule has 0 atom stereocenters. The lowest BCUT2D eigenvalue weighted by atomic mass is 10.1. The van der Waals surface area contributed by atoms with E-state index in [1.165, 1.54) is 83.5 Å². The Hall–Kier alpha value is 0.700. The largest absolute Gasteiger partial charge is 0.179 e. The van der Waals surface area contributed by atoms with Crippen LogP contribution in [0.5, 0.6) is 0 Å². The minimum Gasteiger partial charge on any atom is -0.179 e. The molecule has 0 spiro atoms. The average Bonchev–Trinajstić information content (AvgIpc) is 2.45. The van der Waals surface area contributed by atoms with Crippen LogP contribution in [0.3, 0.4) is 0 Å². The van der Waals surface area contributed by atoms with E-state index in [2.05, 4.69) is 39.1 Å². The second-order valence-corrected chi connectivity index (χ2v) is 6.23. The van der Waals surface area contributed by atoms with Crippen molar-refractivity contribution in [1.82, 2.24) is 0 Å². The van der Waals surface area contributed by atoms with E-state index in [1.807, 2.05) is 0 Å². The fourth-order valence-electron chi connectivity index (χ4n) is 1.95. The van der Waals surface area contributed by atoms with Gasteiger partial charge in [0, 0.05) is 0 Å². The topological polar surface area (TPSA) is 0 Å². The van der Waals surface area contributed by atoms with Crippen molar-refractivity contribution in [2.45, 2.75) is 97.3 Å². The van der Waals surface area contributed by atoms with E-state index < -0.39 is 0 Å². The monoisotopic (exact) mass is 306 g/mol. The van der Waals surface area contributed by atoms with Gasteiger partial charge >= 0.3 is 0 Å². The van der Waals surface area contributed by atoms with Crippen molar-refractivity contribution in [3.05, 3.63) is 0 Å². The molecule has 0 bridgehead atoms. The molecule has 118 valence electrons. The molecule has 0 aromatic carbocycles. The zero-order chi connectivity index (χ0) is 14.6. The number of rotatable bonds is 13. The van der Waals surface area contributed by atoms with Gasteiger partial charge in [0.25, 0.3) is 0 Å². The highest BCUT2D eigenvalue weighted by Gasteiger charge is 1.92. The maximum atomic E-state index is 4.22. The minimum atomic E-state index is 1.01. The standard InChI is InChI=1S/C14H30S.C3H8S/c1-2-3-4-5-6-7-8-9-10-11-12-13-14-15;1-2-3-4/h15H,2-14H2,1H3;4H,2-3H2,1H3. The van der Waals surface area contributed by atoms with Gasteiger partial charge in [-0.2, -0.15) is 25.3 Å². The molecule has 0 heterocycles. The summed E-state index contributed by atoms with van der Waals surface area (Å²) in [6.07, 6.45) is 18.3. The molecule has 0 saturated carbocycles. The Labute approximate surface area is 134 Å². The summed E-state index contributed by atoms with van der Waals surface area (Å²) in [5.41, 5.74) is 0. The first-order valence-corrected chi connectivity index (χ1v) is 9.81. The van der Waals surface area contributed by atoms with E-state index in [0.717, 1.165) is 11.5 Å². The summed E-state index contributed by atoms with van der Waals surface area (Å²) >= 11 is 8.14. The Morgan fingerprint density at radius 1 is 0.421 bits per heavy atom. The highest BCUT2D eigenvalue weighted by Crippen LogP contribution is 2.11. The molecule has 19 heavy (non-hydrogen) atoms. The van der Waals surface area contributed by atoms with Gasteiger partial charge in [0.05, 0.1) is 0 Å². The van der Waals surface area contributed by atoms with E-state index >= 15 is 0 Å². The van der Waals surface area contributed by atoms with E-state index in [0.29, 0.717) is 0 Å². The Bertz CT molecular complexity index is 112. The molecule has 0 aromatic heterocycles. The number of unbranched alkanes of at least 4 members (excludes halogenated alkanes) is 11. The third-order valence-corrected chi connectivity index (χ3v) is 4.00. The van der Waals surface area contributed by atoms with Gasteiger partial charge in [-0.3, -0.25) is 0 Å². The first kappa shape index (κ1) is 22.0. The van der Waals surface area contributed by atoms with Crippen LogP contribution >= 0.6 is 25.3 Å². The van der Waals surface area contributed by atoms with Crippen molar-refractivity contribution >= 4 is 25.3 Å². The second kappa shape index (κ2) is 23.8. The summed E-state index contributed by atoms with van der Waals surface area (Å²) in [6, 6.07) is 0. The van der Waals surface area contributed by atoms with Gasteiger partial charge in [-0.25, -0.2) is 0 Å². The lowest BCUT2D eigenvalue weighted by Gasteiger charge is -2.01. The summed E-state index contributed by atoms with van der Waals surface area (Å²) in [4.78, 5) is 0. The fourth-order valence-corrected chi connectivity index (χ4v) is 2.18. The number of thiol groups is 2. The van der Waals surface area contributed by atoms with Crippen LogP contribution in [0.15, 0.2) is 0 Å². The molecule has 0 amide bonds. The minimum absolute atomic E-state index is 1.01. The normalized spacial score (nSPS) is 10.1. The Morgan fingerprint density at radius 3 is 1.00 bits per heavy atom. The third kappa shape index (κ3) is 27.8. The van der Waals surface area contributed by atoms with E-state index in [-0.39, 0.29) is 0 Å². The Kier molecular flexibility index (Phi) is 27.5. The summed E-state index contributed by atoms with van der Waals surface area (Å²) in [5, 5.41) is 0. The molecule has 0 aliphatic heterocycles.